The van der Waals surface area contributed by atoms with Crippen LogP contribution in [0.2, 0.25) is 0 Å². The molecule has 0 radical (unpaired) electrons. The highest BCUT2D eigenvalue weighted by Crippen LogP contribution is 2.23. The fourth-order valence-corrected chi connectivity index (χ4v) is 2.55. The number of nitrogens with one attached hydrogen (secondary N) is 1. The van der Waals surface area contributed by atoms with Crippen LogP contribution in [0, 0.1) is 0 Å². The molecule has 0 saturated carbocycles. The molecule has 1 heterocycles. The Kier molecular flexibility index (Phi) is 6.52. The van der Waals surface area contributed by atoms with Gasteiger partial charge in [0.2, 0.25) is 5.91 Å². The third-order valence-electron chi connectivity index (χ3n) is 3.54. The predicted molar refractivity (Wildman–Crippen MR) is 68.8 cm³/mol. The number of carbonyl (C=O) groups is 1. The van der Waals surface area contributed by atoms with Crippen molar-refractivity contribution in [1.82, 2.24) is 10.2 Å². The number of hydrogen-bond acceptors (Lipinski definition) is 3. The lowest BCUT2D eigenvalue weighted by molar-refractivity contribution is -0.126. The fourth-order valence-electron chi connectivity index (χ4n) is 2.55. The quantitative estimate of drug-likeness (QED) is 0.704. The maximum Gasteiger partial charge on any atom is 0.237 e. The molecule has 0 bridgehead atoms. The van der Waals surface area contributed by atoms with Crippen molar-refractivity contribution in [2.45, 2.75) is 58.0 Å². The zero-order valence-electron chi connectivity index (χ0n) is 11.1. The van der Waals surface area contributed by atoms with Crippen molar-refractivity contribution in [2.75, 3.05) is 19.7 Å². The first-order valence-electron chi connectivity index (χ1n) is 6.85. The van der Waals surface area contributed by atoms with Crippen molar-refractivity contribution in [2.24, 2.45) is 0 Å². The van der Waals surface area contributed by atoms with E-state index >= 15 is 0 Å². The molecular weight excluding hydrogens is 216 g/mol. The number of aliphatic hydroxyl groups excluding tert-OH is 1. The molecule has 2 unspecified atom stereocenters. The second-order valence-corrected chi connectivity index (χ2v) is 4.87. The lowest BCUT2D eigenvalue weighted by Gasteiger charge is -2.29. The van der Waals surface area contributed by atoms with Crippen molar-refractivity contribution in [3.63, 3.8) is 0 Å². The standard InChI is InChI=1S/C13H26N2O2/c1-3-8-14-13(17)11(2)15-9-4-6-12(15)7-5-10-16/h11-12,16H,3-10H2,1-2H3,(H,14,17). The van der Waals surface area contributed by atoms with E-state index < -0.39 is 0 Å². The molecule has 0 aromatic carbocycles. The van der Waals surface area contributed by atoms with Crippen LogP contribution in [0.1, 0.15) is 46.0 Å². The second-order valence-electron chi connectivity index (χ2n) is 4.87. The topological polar surface area (TPSA) is 52.6 Å². The van der Waals surface area contributed by atoms with Gasteiger partial charge in [0, 0.05) is 19.2 Å². The van der Waals surface area contributed by atoms with Gasteiger partial charge in [-0.15, -0.1) is 0 Å². The molecule has 4 nitrogen and oxygen atoms in total. The molecule has 0 spiro atoms. The Labute approximate surface area is 104 Å². The summed E-state index contributed by atoms with van der Waals surface area (Å²) in [4.78, 5) is 14.2. The first-order chi connectivity index (χ1) is 8.20. The number of nitrogens with zero attached hydrogens (tertiary/aromatic N) is 1. The minimum Gasteiger partial charge on any atom is -0.396 e. The zero-order valence-corrected chi connectivity index (χ0v) is 11.1. The molecule has 0 aromatic heterocycles. The van der Waals surface area contributed by atoms with Gasteiger partial charge < -0.3 is 10.4 Å². The van der Waals surface area contributed by atoms with Crippen LogP contribution in [-0.4, -0.2) is 47.7 Å². The molecule has 1 saturated heterocycles. The van der Waals surface area contributed by atoms with Crippen molar-refractivity contribution in [3.05, 3.63) is 0 Å². The maximum absolute atomic E-state index is 11.9. The van der Waals surface area contributed by atoms with Crippen molar-refractivity contribution in [3.8, 4) is 0 Å². The number of likely N-dealkylation sites (tertiary alicyclic amines) is 1. The number of amides is 1. The zero-order chi connectivity index (χ0) is 12.7. The second kappa shape index (κ2) is 7.67. The molecule has 1 aliphatic heterocycles. The average Bonchev–Trinajstić information content (AvgIpc) is 2.80. The van der Waals surface area contributed by atoms with Gasteiger partial charge >= 0.3 is 0 Å². The molecule has 1 fully saturated rings. The molecule has 2 N–H and O–H groups in total. The Morgan fingerprint density at radius 2 is 2.35 bits per heavy atom. The van der Waals surface area contributed by atoms with E-state index in [2.05, 4.69) is 17.1 Å². The van der Waals surface area contributed by atoms with E-state index in [0.717, 1.165) is 38.8 Å². The Morgan fingerprint density at radius 3 is 3.00 bits per heavy atom. The van der Waals surface area contributed by atoms with E-state index in [-0.39, 0.29) is 18.6 Å². The summed E-state index contributed by atoms with van der Waals surface area (Å²) in [5, 5.41) is 11.8. The van der Waals surface area contributed by atoms with Gasteiger partial charge in [-0.05, 0) is 45.6 Å². The third kappa shape index (κ3) is 4.28. The van der Waals surface area contributed by atoms with Gasteiger partial charge in [-0.25, -0.2) is 0 Å². The van der Waals surface area contributed by atoms with E-state index in [4.69, 9.17) is 5.11 Å². The molecule has 4 heteroatoms. The van der Waals surface area contributed by atoms with E-state index in [1.54, 1.807) is 0 Å². The monoisotopic (exact) mass is 242 g/mol. The molecule has 0 aliphatic carbocycles. The largest absolute Gasteiger partial charge is 0.396 e. The smallest absolute Gasteiger partial charge is 0.237 e. The summed E-state index contributed by atoms with van der Waals surface area (Å²) in [7, 11) is 0. The van der Waals surface area contributed by atoms with Crippen LogP contribution < -0.4 is 5.32 Å². The van der Waals surface area contributed by atoms with Crippen LogP contribution in [0.3, 0.4) is 0 Å². The van der Waals surface area contributed by atoms with E-state index in [1.807, 2.05) is 6.92 Å². The average molecular weight is 242 g/mol. The van der Waals surface area contributed by atoms with E-state index in [9.17, 15) is 4.79 Å². The molecule has 100 valence electrons. The summed E-state index contributed by atoms with van der Waals surface area (Å²) < 4.78 is 0. The van der Waals surface area contributed by atoms with Crippen LogP contribution in [-0.2, 0) is 4.79 Å². The first-order valence-corrected chi connectivity index (χ1v) is 6.85. The summed E-state index contributed by atoms with van der Waals surface area (Å²) in [6.45, 7) is 6.07. The molecule has 2 atom stereocenters. The molecule has 17 heavy (non-hydrogen) atoms. The predicted octanol–water partition coefficient (Wildman–Crippen LogP) is 1.14. The van der Waals surface area contributed by atoms with Crippen molar-refractivity contribution < 1.29 is 9.90 Å². The Hall–Kier alpha value is -0.610. The van der Waals surface area contributed by atoms with Crippen LogP contribution >= 0.6 is 0 Å². The van der Waals surface area contributed by atoms with Gasteiger partial charge in [-0.1, -0.05) is 6.92 Å². The highest BCUT2D eigenvalue weighted by molar-refractivity contribution is 5.81. The van der Waals surface area contributed by atoms with Crippen LogP contribution in [0.5, 0.6) is 0 Å². The molecular formula is C13H26N2O2. The van der Waals surface area contributed by atoms with Crippen LogP contribution in [0.4, 0.5) is 0 Å². The van der Waals surface area contributed by atoms with Gasteiger partial charge in [0.1, 0.15) is 0 Å². The lowest BCUT2D eigenvalue weighted by Crippen LogP contribution is -2.47. The minimum absolute atomic E-state index is 0.0345. The molecule has 0 aromatic rings. The van der Waals surface area contributed by atoms with Gasteiger partial charge in [0.15, 0.2) is 0 Å². The Morgan fingerprint density at radius 1 is 1.59 bits per heavy atom. The highest BCUT2D eigenvalue weighted by Gasteiger charge is 2.31. The summed E-state index contributed by atoms with van der Waals surface area (Å²) in [5.74, 6) is 0.141. The van der Waals surface area contributed by atoms with Gasteiger partial charge in [0.25, 0.3) is 0 Å². The molecule has 1 rings (SSSR count). The Balaban J connectivity index is 2.43. The summed E-state index contributed by atoms with van der Waals surface area (Å²) in [6.07, 6.45) is 5.14. The lowest BCUT2D eigenvalue weighted by atomic mass is 10.1. The third-order valence-corrected chi connectivity index (χ3v) is 3.54. The highest BCUT2D eigenvalue weighted by atomic mass is 16.3. The van der Waals surface area contributed by atoms with E-state index in [0.29, 0.717) is 6.04 Å². The number of rotatable bonds is 7. The van der Waals surface area contributed by atoms with Crippen molar-refractivity contribution >= 4 is 5.91 Å². The van der Waals surface area contributed by atoms with Crippen LogP contribution in [0.25, 0.3) is 0 Å². The fraction of sp³-hybridized carbons (Fsp3) is 0.923. The Bertz CT molecular complexity index is 233. The van der Waals surface area contributed by atoms with Gasteiger partial charge in [0.05, 0.1) is 6.04 Å². The maximum atomic E-state index is 11.9. The molecule has 1 amide bonds. The number of aliphatic hydroxyl groups is 1. The minimum atomic E-state index is -0.0345. The van der Waals surface area contributed by atoms with Gasteiger partial charge in [-0.3, -0.25) is 9.69 Å². The molecule has 1 aliphatic rings. The first kappa shape index (κ1) is 14.5. The summed E-state index contributed by atoms with van der Waals surface area (Å²) in [5.41, 5.74) is 0. The summed E-state index contributed by atoms with van der Waals surface area (Å²) >= 11 is 0. The number of hydrogen-bond donors (Lipinski definition) is 2. The van der Waals surface area contributed by atoms with Crippen LogP contribution in [0.15, 0.2) is 0 Å². The summed E-state index contributed by atoms with van der Waals surface area (Å²) in [6, 6.07) is 0.442. The SMILES string of the molecule is CCCNC(=O)C(C)N1CCCC1CCCO. The normalized spacial score (nSPS) is 22.6. The number of carbonyl (C=O) groups excluding carboxylic acids is 1. The van der Waals surface area contributed by atoms with Gasteiger partial charge in [-0.2, -0.15) is 0 Å². The van der Waals surface area contributed by atoms with Crippen molar-refractivity contribution in [1.29, 1.82) is 0 Å². The van der Waals surface area contributed by atoms with E-state index in [1.165, 1.54) is 6.42 Å².